The van der Waals surface area contributed by atoms with Gasteiger partial charge in [-0.2, -0.15) is 0 Å². The van der Waals surface area contributed by atoms with Crippen LogP contribution in [0.1, 0.15) is 25.8 Å². The SMILES string of the molecule is C=CC(C)NC(C)CCc1ccccc1F. The number of halogens is 1. The van der Waals surface area contributed by atoms with Crippen LogP contribution in [0, 0.1) is 5.82 Å². The lowest BCUT2D eigenvalue weighted by atomic mass is 10.1. The number of hydrogen-bond donors (Lipinski definition) is 1. The first-order chi connectivity index (χ1) is 7.63. The molecule has 0 heterocycles. The second kappa shape index (κ2) is 6.44. The molecule has 2 unspecified atom stereocenters. The lowest BCUT2D eigenvalue weighted by molar-refractivity contribution is 0.483. The van der Waals surface area contributed by atoms with Crippen LogP contribution in [0.25, 0.3) is 0 Å². The van der Waals surface area contributed by atoms with Gasteiger partial charge >= 0.3 is 0 Å². The summed E-state index contributed by atoms with van der Waals surface area (Å²) in [5.41, 5.74) is 0.794. The Morgan fingerprint density at radius 1 is 1.38 bits per heavy atom. The van der Waals surface area contributed by atoms with Gasteiger partial charge in [0, 0.05) is 12.1 Å². The van der Waals surface area contributed by atoms with Gasteiger partial charge in [0.2, 0.25) is 0 Å². The molecule has 2 atom stereocenters. The van der Waals surface area contributed by atoms with Crippen molar-refractivity contribution in [2.24, 2.45) is 0 Å². The molecule has 0 aromatic heterocycles. The summed E-state index contributed by atoms with van der Waals surface area (Å²) >= 11 is 0. The quantitative estimate of drug-likeness (QED) is 0.727. The number of rotatable bonds is 6. The lowest BCUT2D eigenvalue weighted by Gasteiger charge is -2.17. The van der Waals surface area contributed by atoms with E-state index in [9.17, 15) is 4.39 Å². The van der Waals surface area contributed by atoms with Crippen LogP contribution in [-0.4, -0.2) is 12.1 Å². The van der Waals surface area contributed by atoms with Gasteiger partial charge in [-0.15, -0.1) is 6.58 Å². The molecule has 0 aliphatic carbocycles. The average molecular weight is 221 g/mol. The highest BCUT2D eigenvalue weighted by Crippen LogP contribution is 2.10. The van der Waals surface area contributed by atoms with Crippen LogP contribution >= 0.6 is 0 Å². The predicted octanol–water partition coefficient (Wildman–Crippen LogP) is 3.31. The van der Waals surface area contributed by atoms with Gasteiger partial charge in [-0.05, 0) is 38.3 Å². The van der Waals surface area contributed by atoms with E-state index in [1.165, 1.54) is 6.07 Å². The molecular weight excluding hydrogens is 201 g/mol. The van der Waals surface area contributed by atoms with Crippen LogP contribution in [0.4, 0.5) is 4.39 Å². The van der Waals surface area contributed by atoms with Crippen molar-refractivity contribution < 1.29 is 4.39 Å². The minimum absolute atomic E-state index is 0.105. The van der Waals surface area contributed by atoms with Gasteiger partial charge in [0.1, 0.15) is 5.82 Å². The van der Waals surface area contributed by atoms with Crippen LogP contribution in [0.15, 0.2) is 36.9 Å². The molecule has 0 radical (unpaired) electrons. The molecule has 1 N–H and O–H groups in total. The molecule has 0 bridgehead atoms. The zero-order valence-electron chi connectivity index (χ0n) is 10.0. The molecule has 2 heteroatoms. The Kier molecular flexibility index (Phi) is 5.20. The smallest absolute Gasteiger partial charge is 0.126 e. The van der Waals surface area contributed by atoms with Gasteiger partial charge in [-0.25, -0.2) is 4.39 Å². The Labute approximate surface area is 97.4 Å². The molecule has 1 nitrogen and oxygen atoms in total. The first kappa shape index (κ1) is 12.9. The van der Waals surface area contributed by atoms with Crippen molar-refractivity contribution >= 4 is 0 Å². The first-order valence-corrected chi connectivity index (χ1v) is 5.75. The molecule has 0 saturated carbocycles. The Morgan fingerprint density at radius 3 is 2.69 bits per heavy atom. The van der Waals surface area contributed by atoms with E-state index in [4.69, 9.17) is 0 Å². The van der Waals surface area contributed by atoms with E-state index >= 15 is 0 Å². The van der Waals surface area contributed by atoms with Crippen LogP contribution in [0.3, 0.4) is 0 Å². The van der Waals surface area contributed by atoms with Crippen LogP contribution < -0.4 is 5.32 Å². The van der Waals surface area contributed by atoms with Gasteiger partial charge in [0.15, 0.2) is 0 Å². The summed E-state index contributed by atoms with van der Waals surface area (Å²) in [6.45, 7) is 7.90. The molecule has 88 valence electrons. The zero-order chi connectivity index (χ0) is 12.0. The highest BCUT2D eigenvalue weighted by Gasteiger charge is 2.06. The molecule has 1 rings (SSSR count). The average Bonchev–Trinajstić information content (AvgIpc) is 2.28. The predicted molar refractivity (Wildman–Crippen MR) is 67.0 cm³/mol. The van der Waals surface area contributed by atoms with Crippen molar-refractivity contribution in [2.45, 2.75) is 38.8 Å². The second-order valence-corrected chi connectivity index (χ2v) is 4.22. The number of nitrogens with one attached hydrogen (secondary N) is 1. The molecular formula is C14H20FN. The fraction of sp³-hybridized carbons (Fsp3) is 0.429. The second-order valence-electron chi connectivity index (χ2n) is 4.22. The van der Waals surface area contributed by atoms with E-state index in [0.717, 1.165) is 18.4 Å². The number of hydrogen-bond acceptors (Lipinski definition) is 1. The third kappa shape index (κ3) is 4.15. The van der Waals surface area contributed by atoms with Gasteiger partial charge < -0.3 is 5.32 Å². The first-order valence-electron chi connectivity index (χ1n) is 5.75. The maximum absolute atomic E-state index is 13.3. The molecule has 1 aromatic carbocycles. The van der Waals surface area contributed by atoms with Crippen LogP contribution in [-0.2, 0) is 6.42 Å². The Hall–Kier alpha value is -1.15. The molecule has 0 amide bonds. The fourth-order valence-corrected chi connectivity index (χ4v) is 1.67. The maximum atomic E-state index is 13.3. The largest absolute Gasteiger partial charge is 0.308 e. The van der Waals surface area contributed by atoms with Crippen molar-refractivity contribution in [1.29, 1.82) is 0 Å². The van der Waals surface area contributed by atoms with E-state index in [1.807, 2.05) is 18.2 Å². The summed E-state index contributed by atoms with van der Waals surface area (Å²) in [6.07, 6.45) is 3.57. The van der Waals surface area contributed by atoms with Crippen molar-refractivity contribution in [1.82, 2.24) is 5.32 Å². The minimum Gasteiger partial charge on any atom is -0.308 e. The molecule has 0 aliphatic heterocycles. The van der Waals surface area contributed by atoms with Crippen molar-refractivity contribution in [2.75, 3.05) is 0 Å². The van der Waals surface area contributed by atoms with Crippen LogP contribution in [0.5, 0.6) is 0 Å². The monoisotopic (exact) mass is 221 g/mol. The van der Waals surface area contributed by atoms with Crippen LogP contribution in [0.2, 0.25) is 0 Å². The van der Waals surface area contributed by atoms with Gasteiger partial charge in [-0.1, -0.05) is 24.3 Å². The fourth-order valence-electron chi connectivity index (χ4n) is 1.67. The summed E-state index contributed by atoms with van der Waals surface area (Å²) in [5, 5.41) is 3.38. The third-order valence-corrected chi connectivity index (χ3v) is 2.71. The molecule has 0 fully saturated rings. The highest BCUT2D eigenvalue weighted by molar-refractivity contribution is 5.17. The maximum Gasteiger partial charge on any atom is 0.126 e. The normalized spacial score (nSPS) is 14.4. The van der Waals surface area contributed by atoms with E-state index in [-0.39, 0.29) is 5.82 Å². The van der Waals surface area contributed by atoms with Crippen molar-refractivity contribution in [3.63, 3.8) is 0 Å². The third-order valence-electron chi connectivity index (χ3n) is 2.71. The lowest BCUT2D eigenvalue weighted by Crippen LogP contribution is -2.33. The minimum atomic E-state index is -0.105. The molecule has 0 saturated heterocycles. The van der Waals surface area contributed by atoms with Crippen molar-refractivity contribution in [3.05, 3.63) is 48.3 Å². The topological polar surface area (TPSA) is 12.0 Å². The van der Waals surface area contributed by atoms with E-state index in [0.29, 0.717) is 12.1 Å². The van der Waals surface area contributed by atoms with E-state index < -0.39 is 0 Å². The number of aryl methyl sites for hydroxylation is 1. The Balaban J connectivity index is 2.40. The molecule has 0 aliphatic rings. The summed E-state index contributed by atoms with van der Waals surface area (Å²) < 4.78 is 13.3. The van der Waals surface area contributed by atoms with Gasteiger partial charge in [0.25, 0.3) is 0 Å². The molecule has 16 heavy (non-hydrogen) atoms. The Bertz CT molecular complexity index is 335. The summed E-state index contributed by atoms with van der Waals surface area (Å²) in [4.78, 5) is 0. The summed E-state index contributed by atoms with van der Waals surface area (Å²) in [7, 11) is 0. The van der Waals surface area contributed by atoms with Gasteiger partial charge in [0.05, 0.1) is 0 Å². The van der Waals surface area contributed by atoms with Gasteiger partial charge in [-0.3, -0.25) is 0 Å². The summed E-state index contributed by atoms with van der Waals surface area (Å²) in [5.74, 6) is -0.105. The summed E-state index contributed by atoms with van der Waals surface area (Å²) in [6, 6.07) is 7.63. The molecule has 0 spiro atoms. The highest BCUT2D eigenvalue weighted by atomic mass is 19.1. The van der Waals surface area contributed by atoms with E-state index in [1.54, 1.807) is 6.07 Å². The zero-order valence-corrected chi connectivity index (χ0v) is 10.0. The van der Waals surface area contributed by atoms with E-state index in [2.05, 4.69) is 25.7 Å². The molecule has 1 aromatic rings. The van der Waals surface area contributed by atoms with Crippen molar-refractivity contribution in [3.8, 4) is 0 Å². The standard InChI is InChI=1S/C14H20FN/c1-4-11(2)16-12(3)9-10-13-7-5-6-8-14(13)15/h4-8,11-12,16H,1,9-10H2,2-3H3. The number of benzene rings is 1. The Morgan fingerprint density at radius 2 is 2.06 bits per heavy atom.